The van der Waals surface area contributed by atoms with E-state index in [1.807, 2.05) is 0 Å². The summed E-state index contributed by atoms with van der Waals surface area (Å²) >= 11 is 7.18. The number of carbonyl (C=O) groups is 1. The van der Waals surface area contributed by atoms with Crippen LogP contribution in [0.25, 0.3) is 0 Å². The van der Waals surface area contributed by atoms with Gasteiger partial charge in [-0.15, -0.1) is 11.6 Å². The third-order valence-corrected chi connectivity index (χ3v) is 2.96. The fourth-order valence-electron chi connectivity index (χ4n) is 1.09. The van der Waals surface area contributed by atoms with E-state index in [4.69, 9.17) is 16.9 Å². The first-order valence-electron chi connectivity index (χ1n) is 3.98. The van der Waals surface area contributed by atoms with Gasteiger partial charge in [-0.25, -0.2) is 0 Å². The van der Waals surface area contributed by atoms with Crippen molar-refractivity contribution in [1.82, 2.24) is 0 Å². The summed E-state index contributed by atoms with van der Waals surface area (Å²) in [6, 6.07) is 4.08. The zero-order chi connectivity index (χ0) is 12.3. The molecule has 5 nitrogen and oxygen atoms in total. The molecule has 0 saturated carbocycles. The molecular formula is C9H4ClIN2O3. The largest absolute Gasteiger partial charge is 0.293 e. The van der Waals surface area contributed by atoms with E-state index in [1.54, 1.807) is 28.7 Å². The van der Waals surface area contributed by atoms with Crippen LogP contribution in [-0.2, 0) is 0 Å². The second kappa shape index (κ2) is 5.23. The summed E-state index contributed by atoms with van der Waals surface area (Å²) < 4.78 is 0.411. The molecule has 1 rings (SSSR count). The number of halogens is 2. The Bertz CT molecular complexity index is 510. The van der Waals surface area contributed by atoms with Crippen molar-refractivity contribution in [2.24, 2.45) is 0 Å². The third-order valence-electron chi connectivity index (χ3n) is 1.82. The zero-order valence-corrected chi connectivity index (χ0v) is 10.7. The van der Waals surface area contributed by atoms with Crippen molar-refractivity contribution in [2.75, 3.05) is 5.88 Å². The number of alkyl halides is 1. The van der Waals surface area contributed by atoms with E-state index in [0.29, 0.717) is 3.57 Å². The number of benzene rings is 1. The van der Waals surface area contributed by atoms with Gasteiger partial charge in [0.2, 0.25) is 0 Å². The van der Waals surface area contributed by atoms with Crippen molar-refractivity contribution in [3.8, 4) is 6.07 Å². The Labute approximate surface area is 109 Å². The number of ketones is 1. The fourth-order valence-corrected chi connectivity index (χ4v) is 1.98. The quantitative estimate of drug-likeness (QED) is 0.276. The monoisotopic (exact) mass is 350 g/mol. The SMILES string of the molecule is N#Cc1cc(C(=O)CCl)c(I)cc1[N+](=O)[O-]. The summed E-state index contributed by atoms with van der Waals surface area (Å²) in [6.45, 7) is 0. The Balaban J connectivity index is 3.44. The molecule has 0 heterocycles. The van der Waals surface area contributed by atoms with Crippen LogP contribution < -0.4 is 0 Å². The highest BCUT2D eigenvalue weighted by Gasteiger charge is 2.19. The molecule has 0 aliphatic rings. The second-order valence-corrected chi connectivity index (χ2v) is 4.20. The topological polar surface area (TPSA) is 84.0 Å². The molecule has 0 radical (unpaired) electrons. The highest BCUT2D eigenvalue weighted by molar-refractivity contribution is 14.1. The van der Waals surface area contributed by atoms with Crippen LogP contribution in [-0.4, -0.2) is 16.6 Å². The molecular weight excluding hydrogens is 346 g/mol. The van der Waals surface area contributed by atoms with Crippen molar-refractivity contribution >= 4 is 45.7 Å². The lowest BCUT2D eigenvalue weighted by molar-refractivity contribution is -0.385. The van der Waals surface area contributed by atoms with Gasteiger partial charge in [0.15, 0.2) is 5.78 Å². The first-order valence-corrected chi connectivity index (χ1v) is 5.59. The van der Waals surface area contributed by atoms with E-state index in [1.165, 1.54) is 12.1 Å². The minimum Gasteiger partial charge on any atom is -0.293 e. The van der Waals surface area contributed by atoms with Crippen LogP contribution in [0.2, 0.25) is 0 Å². The van der Waals surface area contributed by atoms with Crippen LogP contribution in [0.3, 0.4) is 0 Å². The average Bonchev–Trinajstić information content (AvgIpc) is 2.27. The van der Waals surface area contributed by atoms with Gasteiger partial charge in [0.05, 0.1) is 10.8 Å². The Hall–Kier alpha value is -1.20. The number of hydrogen-bond donors (Lipinski definition) is 0. The molecule has 0 unspecified atom stereocenters. The molecule has 0 bridgehead atoms. The zero-order valence-electron chi connectivity index (χ0n) is 7.74. The molecule has 1 aromatic rings. The number of rotatable bonds is 3. The van der Waals surface area contributed by atoms with Gasteiger partial charge < -0.3 is 0 Å². The second-order valence-electron chi connectivity index (χ2n) is 2.77. The molecule has 0 aromatic heterocycles. The summed E-state index contributed by atoms with van der Waals surface area (Å²) in [6.07, 6.45) is 0. The van der Waals surface area contributed by atoms with Crippen molar-refractivity contribution in [2.45, 2.75) is 0 Å². The molecule has 0 aliphatic heterocycles. The maximum Gasteiger partial charge on any atom is 0.288 e. The number of nitriles is 1. The molecule has 0 spiro atoms. The number of nitro groups is 1. The van der Waals surface area contributed by atoms with Crippen LogP contribution in [0.5, 0.6) is 0 Å². The Kier molecular flexibility index (Phi) is 4.20. The maximum atomic E-state index is 11.4. The Morgan fingerprint density at radius 1 is 1.62 bits per heavy atom. The van der Waals surface area contributed by atoms with E-state index in [2.05, 4.69) is 0 Å². The van der Waals surface area contributed by atoms with Crippen LogP contribution >= 0.6 is 34.2 Å². The van der Waals surface area contributed by atoms with Crippen LogP contribution in [0, 0.1) is 25.0 Å². The molecule has 0 atom stereocenters. The third kappa shape index (κ3) is 2.48. The minimum absolute atomic E-state index is 0.140. The smallest absolute Gasteiger partial charge is 0.288 e. The van der Waals surface area contributed by atoms with E-state index in [9.17, 15) is 14.9 Å². The minimum atomic E-state index is -0.657. The average molecular weight is 350 g/mol. The van der Waals surface area contributed by atoms with Crippen molar-refractivity contribution < 1.29 is 9.72 Å². The first kappa shape index (κ1) is 12.9. The van der Waals surface area contributed by atoms with Gasteiger partial charge in [0.25, 0.3) is 5.69 Å². The van der Waals surface area contributed by atoms with Crippen molar-refractivity contribution in [3.63, 3.8) is 0 Å². The van der Waals surface area contributed by atoms with E-state index in [-0.39, 0.29) is 28.5 Å². The summed E-state index contributed by atoms with van der Waals surface area (Å²) in [5.41, 5.74) is -0.213. The molecule has 16 heavy (non-hydrogen) atoms. The highest BCUT2D eigenvalue weighted by Crippen LogP contribution is 2.25. The van der Waals surface area contributed by atoms with Crippen molar-refractivity contribution in [1.29, 1.82) is 5.26 Å². The molecule has 0 N–H and O–H groups in total. The number of carbonyl (C=O) groups excluding carboxylic acids is 1. The predicted octanol–water partition coefficient (Wildman–Crippen LogP) is 2.49. The summed E-state index contributed by atoms with van der Waals surface area (Å²) in [4.78, 5) is 21.3. The molecule has 0 fully saturated rings. The number of Topliss-reactive ketones (excluding diaryl/α,β-unsaturated/α-hetero) is 1. The van der Waals surface area contributed by atoms with Gasteiger partial charge in [0, 0.05) is 15.2 Å². The summed E-state index contributed by atoms with van der Waals surface area (Å²) in [5, 5.41) is 19.4. The predicted molar refractivity (Wildman–Crippen MR) is 65.6 cm³/mol. The van der Waals surface area contributed by atoms with Gasteiger partial charge in [0.1, 0.15) is 11.6 Å². The molecule has 0 saturated heterocycles. The molecule has 0 aliphatic carbocycles. The Morgan fingerprint density at radius 3 is 2.69 bits per heavy atom. The molecule has 0 amide bonds. The van der Waals surface area contributed by atoms with E-state index in [0.717, 1.165) is 0 Å². The summed E-state index contributed by atoms with van der Waals surface area (Å²) in [7, 11) is 0. The van der Waals surface area contributed by atoms with Gasteiger partial charge in [-0.2, -0.15) is 5.26 Å². The fraction of sp³-hybridized carbons (Fsp3) is 0.111. The highest BCUT2D eigenvalue weighted by atomic mass is 127. The molecule has 1 aromatic carbocycles. The van der Waals surface area contributed by atoms with Gasteiger partial charge >= 0.3 is 0 Å². The number of nitro benzene ring substituents is 1. The van der Waals surface area contributed by atoms with Crippen LogP contribution in [0.4, 0.5) is 5.69 Å². The standard InChI is InChI=1S/C9H4ClIN2O3/c10-3-9(14)6-1-5(4-12)8(13(15)16)2-7(6)11/h1-2H,3H2. The van der Waals surface area contributed by atoms with Gasteiger partial charge in [-0.05, 0) is 28.7 Å². The lowest BCUT2D eigenvalue weighted by atomic mass is 10.1. The van der Waals surface area contributed by atoms with Gasteiger partial charge in [-0.3, -0.25) is 14.9 Å². The normalized spacial score (nSPS) is 9.56. The Morgan fingerprint density at radius 2 is 2.25 bits per heavy atom. The first-order chi connectivity index (χ1) is 7.51. The van der Waals surface area contributed by atoms with Crippen molar-refractivity contribution in [3.05, 3.63) is 36.9 Å². The summed E-state index contributed by atoms with van der Waals surface area (Å²) in [5.74, 6) is -0.587. The van der Waals surface area contributed by atoms with Crippen LogP contribution in [0.1, 0.15) is 15.9 Å². The van der Waals surface area contributed by atoms with Crippen LogP contribution in [0.15, 0.2) is 12.1 Å². The number of hydrogen-bond acceptors (Lipinski definition) is 4. The molecule has 82 valence electrons. The molecule has 7 heteroatoms. The van der Waals surface area contributed by atoms with Gasteiger partial charge in [-0.1, -0.05) is 0 Å². The lowest BCUT2D eigenvalue weighted by Gasteiger charge is -2.02. The maximum absolute atomic E-state index is 11.4. The van der Waals surface area contributed by atoms with E-state index >= 15 is 0 Å². The lowest BCUT2D eigenvalue weighted by Crippen LogP contribution is -2.05. The number of nitrogens with zero attached hydrogens (tertiary/aromatic N) is 2. The van der Waals surface area contributed by atoms with E-state index < -0.39 is 4.92 Å².